The first-order chi connectivity index (χ1) is 11.3. The van der Waals surface area contributed by atoms with Crippen LogP contribution in [-0.4, -0.2) is 46.5 Å². The first kappa shape index (κ1) is 15.1. The van der Waals surface area contributed by atoms with Gasteiger partial charge in [-0.3, -0.25) is 4.90 Å². The fourth-order valence-electron chi connectivity index (χ4n) is 3.56. The summed E-state index contributed by atoms with van der Waals surface area (Å²) < 4.78 is 5.36. The minimum absolute atomic E-state index is 0.264. The minimum Gasteiger partial charge on any atom is -0.391 e. The van der Waals surface area contributed by atoms with Crippen LogP contribution >= 0.6 is 0 Å². The number of nitrogens with zero attached hydrogens (tertiary/aromatic N) is 4. The van der Waals surface area contributed by atoms with Gasteiger partial charge >= 0.3 is 0 Å². The normalized spacial score (nSPS) is 26.3. The Morgan fingerprint density at radius 1 is 1.17 bits per heavy atom. The molecule has 0 spiro atoms. The van der Waals surface area contributed by atoms with Crippen molar-refractivity contribution in [2.75, 3.05) is 19.6 Å². The molecule has 1 aromatic rings. The number of piperidine rings is 1. The summed E-state index contributed by atoms with van der Waals surface area (Å²) in [6.07, 6.45) is 8.09. The molecule has 0 amide bonds. The van der Waals surface area contributed by atoms with E-state index in [4.69, 9.17) is 9.36 Å². The zero-order chi connectivity index (χ0) is 15.6. The van der Waals surface area contributed by atoms with E-state index in [0.717, 1.165) is 50.6 Å². The van der Waals surface area contributed by atoms with E-state index in [-0.39, 0.29) is 6.10 Å². The van der Waals surface area contributed by atoms with E-state index >= 15 is 0 Å². The zero-order valence-electron chi connectivity index (χ0n) is 13.9. The van der Waals surface area contributed by atoms with Crippen LogP contribution in [0.1, 0.15) is 63.1 Å². The summed E-state index contributed by atoms with van der Waals surface area (Å²) >= 11 is 0. The number of hydrogen-bond acceptors (Lipinski definition) is 6. The van der Waals surface area contributed by atoms with Crippen molar-refractivity contribution in [1.29, 1.82) is 0 Å². The van der Waals surface area contributed by atoms with Crippen molar-refractivity contribution in [2.24, 2.45) is 11.1 Å². The van der Waals surface area contributed by atoms with Crippen LogP contribution in [0.5, 0.6) is 0 Å². The van der Waals surface area contributed by atoms with Crippen LogP contribution in [0, 0.1) is 5.92 Å². The number of hydrogen-bond donors (Lipinski definition) is 0. The number of aromatic nitrogens is 2. The fourth-order valence-corrected chi connectivity index (χ4v) is 3.56. The molecule has 4 rings (SSSR count). The summed E-state index contributed by atoms with van der Waals surface area (Å²) in [5, 5.41) is 8.31. The highest BCUT2D eigenvalue weighted by atomic mass is 16.6. The van der Waals surface area contributed by atoms with Crippen LogP contribution in [0.4, 0.5) is 0 Å². The fraction of sp³-hybridized carbons (Fsp3) is 0.824. The van der Waals surface area contributed by atoms with Crippen molar-refractivity contribution < 1.29 is 9.36 Å². The highest BCUT2D eigenvalue weighted by molar-refractivity contribution is 5.85. The Hall–Kier alpha value is -1.43. The standard InChI is InChI=1S/C17H26N4O2/c1-2-14-10-15(22-19-14)11-21-7-5-12(6-8-21)9-16-18-17(23-20-16)13-3-4-13/h12-13,15H,2-11H2,1H3. The van der Waals surface area contributed by atoms with E-state index in [1.165, 1.54) is 31.4 Å². The van der Waals surface area contributed by atoms with Crippen molar-refractivity contribution in [2.45, 2.75) is 63.9 Å². The molecule has 2 aliphatic heterocycles. The van der Waals surface area contributed by atoms with Crippen molar-refractivity contribution in [3.8, 4) is 0 Å². The van der Waals surface area contributed by atoms with Gasteiger partial charge in [0.15, 0.2) is 5.82 Å². The Morgan fingerprint density at radius 3 is 2.70 bits per heavy atom. The van der Waals surface area contributed by atoms with Crippen molar-refractivity contribution in [3.63, 3.8) is 0 Å². The third-order valence-corrected chi connectivity index (χ3v) is 5.25. The zero-order valence-corrected chi connectivity index (χ0v) is 13.9. The summed E-state index contributed by atoms with van der Waals surface area (Å²) in [6, 6.07) is 0. The van der Waals surface area contributed by atoms with E-state index in [2.05, 4.69) is 27.1 Å². The van der Waals surface area contributed by atoms with E-state index < -0.39 is 0 Å². The molecule has 1 atom stereocenters. The molecule has 0 radical (unpaired) electrons. The van der Waals surface area contributed by atoms with Crippen LogP contribution in [0.2, 0.25) is 0 Å². The van der Waals surface area contributed by atoms with Gasteiger partial charge in [0.1, 0.15) is 6.10 Å². The van der Waals surface area contributed by atoms with Gasteiger partial charge in [-0.15, -0.1) is 0 Å². The second kappa shape index (κ2) is 6.59. The van der Waals surface area contributed by atoms with Gasteiger partial charge in [0, 0.05) is 25.3 Å². The predicted molar refractivity (Wildman–Crippen MR) is 86.4 cm³/mol. The Bertz CT molecular complexity index is 559. The minimum atomic E-state index is 0.264. The first-order valence-electron chi connectivity index (χ1n) is 9.06. The van der Waals surface area contributed by atoms with Gasteiger partial charge < -0.3 is 9.36 Å². The van der Waals surface area contributed by atoms with E-state index in [9.17, 15) is 0 Å². The molecule has 1 saturated carbocycles. The average Bonchev–Trinajstić information content (AvgIpc) is 3.15. The van der Waals surface area contributed by atoms with Gasteiger partial charge in [-0.05, 0) is 51.1 Å². The van der Waals surface area contributed by atoms with Gasteiger partial charge in [0.25, 0.3) is 0 Å². The van der Waals surface area contributed by atoms with Crippen molar-refractivity contribution in [3.05, 3.63) is 11.7 Å². The number of likely N-dealkylation sites (tertiary alicyclic amines) is 1. The van der Waals surface area contributed by atoms with Gasteiger partial charge in [-0.25, -0.2) is 0 Å². The Morgan fingerprint density at radius 2 is 2.00 bits per heavy atom. The monoisotopic (exact) mass is 318 g/mol. The van der Waals surface area contributed by atoms with E-state index in [1.807, 2.05) is 0 Å². The largest absolute Gasteiger partial charge is 0.391 e. The van der Waals surface area contributed by atoms with Crippen LogP contribution in [-0.2, 0) is 11.3 Å². The average molecular weight is 318 g/mol. The molecule has 126 valence electrons. The second-order valence-electron chi connectivity index (χ2n) is 7.21. The molecule has 1 aliphatic carbocycles. The number of oxime groups is 1. The lowest BCUT2D eigenvalue weighted by atomic mass is 9.93. The maximum absolute atomic E-state index is 5.53. The molecule has 3 aliphatic rings. The summed E-state index contributed by atoms with van der Waals surface area (Å²) in [4.78, 5) is 12.6. The lowest BCUT2D eigenvalue weighted by molar-refractivity contribution is 0.0418. The molecule has 6 nitrogen and oxygen atoms in total. The van der Waals surface area contributed by atoms with Crippen molar-refractivity contribution >= 4 is 5.71 Å². The highest BCUT2D eigenvalue weighted by Crippen LogP contribution is 2.39. The van der Waals surface area contributed by atoms with Crippen molar-refractivity contribution in [1.82, 2.24) is 15.0 Å². The van der Waals surface area contributed by atoms with Crippen LogP contribution in [0.25, 0.3) is 0 Å². The maximum Gasteiger partial charge on any atom is 0.229 e. The Kier molecular flexibility index (Phi) is 4.33. The lowest BCUT2D eigenvalue weighted by Crippen LogP contribution is -2.39. The van der Waals surface area contributed by atoms with E-state index in [0.29, 0.717) is 11.8 Å². The predicted octanol–water partition coefficient (Wildman–Crippen LogP) is 2.76. The molecule has 6 heteroatoms. The SMILES string of the molecule is CCC1=NOC(CN2CCC(Cc3noc(C4CC4)n3)CC2)C1. The van der Waals surface area contributed by atoms with E-state index in [1.54, 1.807) is 0 Å². The molecule has 23 heavy (non-hydrogen) atoms. The molecular formula is C17H26N4O2. The summed E-state index contributed by atoms with van der Waals surface area (Å²) in [6.45, 7) is 5.43. The van der Waals surface area contributed by atoms with Gasteiger partial charge in [-0.2, -0.15) is 4.98 Å². The summed E-state index contributed by atoms with van der Waals surface area (Å²) in [7, 11) is 0. The third-order valence-electron chi connectivity index (χ3n) is 5.25. The molecule has 0 bridgehead atoms. The molecule has 0 N–H and O–H groups in total. The summed E-state index contributed by atoms with van der Waals surface area (Å²) in [5.41, 5.74) is 1.20. The van der Waals surface area contributed by atoms with Crippen LogP contribution < -0.4 is 0 Å². The molecule has 0 aromatic carbocycles. The molecule has 1 aromatic heterocycles. The smallest absolute Gasteiger partial charge is 0.229 e. The molecule has 2 fully saturated rings. The first-order valence-corrected chi connectivity index (χ1v) is 9.06. The van der Waals surface area contributed by atoms with Crippen LogP contribution in [0.3, 0.4) is 0 Å². The lowest BCUT2D eigenvalue weighted by Gasteiger charge is -2.32. The molecule has 3 heterocycles. The Balaban J connectivity index is 1.20. The second-order valence-corrected chi connectivity index (χ2v) is 7.21. The van der Waals surface area contributed by atoms with Crippen LogP contribution in [0.15, 0.2) is 9.68 Å². The summed E-state index contributed by atoms with van der Waals surface area (Å²) in [5.74, 6) is 3.01. The highest BCUT2D eigenvalue weighted by Gasteiger charge is 2.30. The molecule has 1 saturated heterocycles. The molecular weight excluding hydrogens is 292 g/mol. The van der Waals surface area contributed by atoms with Gasteiger partial charge in [-0.1, -0.05) is 17.2 Å². The topological polar surface area (TPSA) is 63.8 Å². The van der Waals surface area contributed by atoms with Gasteiger partial charge in [0.05, 0.1) is 5.71 Å². The quantitative estimate of drug-likeness (QED) is 0.807. The maximum atomic E-state index is 5.53. The third kappa shape index (κ3) is 3.74. The molecule has 1 unspecified atom stereocenters. The number of rotatable bonds is 6. The Labute approximate surface area is 137 Å². The van der Waals surface area contributed by atoms with Gasteiger partial charge in [0.2, 0.25) is 5.89 Å².